The van der Waals surface area contributed by atoms with Crippen LogP contribution in [-0.2, 0) is 9.59 Å². The minimum atomic E-state index is -0.898. The summed E-state index contributed by atoms with van der Waals surface area (Å²) in [7, 11) is 0. The van der Waals surface area contributed by atoms with Crippen molar-refractivity contribution in [2.75, 3.05) is 5.75 Å². The lowest BCUT2D eigenvalue weighted by molar-refractivity contribution is -0.136. The van der Waals surface area contributed by atoms with E-state index in [0.29, 0.717) is 0 Å². The Kier molecular flexibility index (Phi) is 5.89. The van der Waals surface area contributed by atoms with E-state index in [1.54, 1.807) is 6.92 Å². The number of benzene rings is 1. The Morgan fingerprint density at radius 1 is 1.32 bits per heavy atom. The molecule has 0 radical (unpaired) electrons. The molecule has 4 nitrogen and oxygen atoms in total. The first-order valence-electron chi connectivity index (χ1n) is 6.11. The average Bonchev–Trinajstić information content (AvgIpc) is 2.36. The molecule has 0 saturated heterocycles. The third kappa shape index (κ3) is 4.95. The van der Waals surface area contributed by atoms with Crippen LogP contribution in [0.3, 0.4) is 0 Å². The Bertz CT molecular complexity index is 462. The second-order valence-corrected chi connectivity index (χ2v) is 5.77. The highest BCUT2D eigenvalue weighted by Crippen LogP contribution is 2.17. The van der Waals surface area contributed by atoms with Crippen LogP contribution in [0.1, 0.15) is 31.0 Å². The van der Waals surface area contributed by atoms with Gasteiger partial charge in [-0.2, -0.15) is 0 Å². The first kappa shape index (κ1) is 15.6. The van der Waals surface area contributed by atoms with Gasteiger partial charge in [-0.05, 0) is 31.9 Å². The van der Waals surface area contributed by atoms with Crippen molar-refractivity contribution in [3.63, 3.8) is 0 Å². The topological polar surface area (TPSA) is 66.4 Å². The zero-order valence-corrected chi connectivity index (χ0v) is 12.2. The van der Waals surface area contributed by atoms with Gasteiger partial charge >= 0.3 is 5.97 Å². The van der Waals surface area contributed by atoms with Crippen LogP contribution in [0.4, 0.5) is 0 Å². The monoisotopic (exact) mass is 281 g/mol. The summed E-state index contributed by atoms with van der Waals surface area (Å²) >= 11 is 1.12. The van der Waals surface area contributed by atoms with Gasteiger partial charge in [-0.15, -0.1) is 11.8 Å². The number of carboxylic acids is 1. The molecular formula is C14H19NO3S. The molecule has 0 aliphatic rings. The number of carbonyl (C=O) groups is 2. The van der Waals surface area contributed by atoms with Crippen LogP contribution < -0.4 is 5.32 Å². The average molecular weight is 281 g/mol. The molecule has 0 bridgehead atoms. The number of aryl methyl sites for hydroxylation is 1. The number of thioether (sulfide) groups is 1. The van der Waals surface area contributed by atoms with Crippen LogP contribution >= 0.6 is 11.8 Å². The fourth-order valence-electron chi connectivity index (χ4n) is 1.71. The lowest BCUT2D eigenvalue weighted by atomic mass is 10.0. The Morgan fingerprint density at radius 3 is 2.53 bits per heavy atom. The first-order valence-corrected chi connectivity index (χ1v) is 7.16. The van der Waals surface area contributed by atoms with Crippen LogP contribution in [0.15, 0.2) is 24.3 Å². The minimum absolute atomic E-state index is 0.0746. The van der Waals surface area contributed by atoms with E-state index in [1.807, 2.05) is 38.1 Å². The Labute approximate surface area is 117 Å². The molecule has 0 aliphatic heterocycles. The zero-order valence-electron chi connectivity index (χ0n) is 11.3. The fraction of sp³-hybridized carbons (Fsp3) is 0.429. The SMILES string of the molecule is Cc1ccccc1C(C)NC(=O)CSC(C)C(=O)O. The van der Waals surface area contributed by atoms with Crippen LogP contribution in [0.25, 0.3) is 0 Å². The van der Waals surface area contributed by atoms with E-state index in [4.69, 9.17) is 5.11 Å². The van der Waals surface area contributed by atoms with Crippen molar-refractivity contribution in [2.45, 2.75) is 32.1 Å². The summed E-state index contributed by atoms with van der Waals surface area (Å²) in [5, 5.41) is 11.0. The molecule has 1 rings (SSSR count). The fourth-order valence-corrected chi connectivity index (χ4v) is 2.33. The molecule has 2 unspecified atom stereocenters. The van der Waals surface area contributed by atoms with Crippen molar-refractivity contribution in [3.05, 3.63) is 35.4 Å². The molecule has 1 aromatic rings. The number of nitrogens with one attached hydrogen (secondary N) is 1. The summed E-state index contributed by atoms with van der Waals surface area (Å²) in [5.74, 6) is -0.887. The van der Waals surface area contributed by atoms with Gasteiger partial charge in [0.1, 0.15) is 0 Å². The Balaban J connectivity index is 2.49. The molecule has 1 amide bonds. The van der Waals surface area contributed by atoms with Crippen LogP contribution in [0.2, 0.25) is 0 Å². The van der Waals surface area contributed by atoms with E-state index in [9.17, 15) is 9.59 Å². The number of rotatable bonds is 6. The largest absolute Gasteiger partial charge is 0.480 e. The third-order valence-corrected chi connectivity index (χ3v) is 3.98. The highest BCUT2D eigenvalue weighted by Gasteiger charge is 2.15. The van der Waals surface area contributed by atoms with Gasteiger partial charge in [0.25, 0.3) is 0 Å². The van der Waals surface area contributed by atoms with E-state index < -0.39 is 11.2 Å². The number of carbonyl (C=O) groups excluding carboxylic acids is 1. The molecule has 0 aromatic heterocycles. The molecule has 0 heterocycles. The molecule has 5 heteroatoms. The molecule has 0 fully saturated rings. The van der Waals surface area contributed by atoms with E-state index in [1.165, 1.54) is 0 Å². The van der Waals surface area contributed by atoms with Gasteiger partial charge in [-0.1, -0.05) is 24.3 Å². The number of amides is 1. The predicted octanol–water partition coefficient (Wildman–Crippen LogP) is 2.38. The standard InChI is InChI=1S/C14H19NO3S/c1-9-6-4-5-7-12(9)10(2)15-13(16)8-19-11(3)14(17)18/h4-7,10-11H,8H2,1-3H3,(H,15,16)(H,17,18). The number of carboxylic acid groups (broad SMARTS) is 1. The maximum absolute atomic E-state index is 11.7. The number of aliphatic carboxylic acids is 1. The molecule has 2 N–H and O–H groups in total. The Hall–Kier alpha value is -1.49. The maximum atomic E-state index is 11.7. The van der Waals surface area contributed by atoms with Crippen molar-refractivity contribution in [1.29, 1.82) is 0 Å². The summed E-state index contributed by atoms with van der Waals surface area (Å²) in [6.07, 6.45) is 0. The Morgan fingerprint density at radius 2 is 1.95 bits per heavy atom. The van der Waals surface area contributed by atoms with E-state index >= 15 is 0 Å². The van der Waals surface area contributed by atoms with Gasteiger partial charge in [-0.25, -0.2) is 0 Å². The summed E-state index contributed by atoms with van der Waals surface area (Å²) in [5.41, 5.74) is 2.20. The van der Waals surface area contributed by atoms with Gasteiger partial charge < -0.3 is 10.4 Å². The molecule has 1 aromatic carbocycles. The summed E-state index contributed by atoms with van der Waals surface area (Å²) in [4.78, 5) is 22.4. The minimum Gasteiger partial charge on any atom is -0.480 e. The number of hydrogen-bond acceptors (Lipinski definition) is 3. The first-order chi connectivity index (χ1) is 8.91. The van der Waals surface area contributed by atoms with Crippen LogP contribution in [-0.4, -0.2) is 28.0 Å². The normalized spacial score (nSPS) is 13.6. The number of hydrogen-bond donors (Lipinski definition) is 2. The third-order valence-electron chi connectivity index (χ3n) is 2.84. The van der Waals surface area contributed by atoms with Gasteiger partial charge in [0.15, 0.2) is 0 Å². The van der Waals surface area contributed by atoms with Crippen molar-refractivity contribution in [3.8, 4) is 0 Å². The quantitative estimate of drug-likeness (QED) is 0.840. The van der Waals surface area contributed by atoms with Gasteiger partial charge in [-0.3, -0.25) is 9.59 Å². The maximum Gasteiger partial charge on any atom is 0.316 e. The van der Waals surface area contributed by atoms with Crippen molar-refractivity contribution in [2.24, 2.45) is 0 Å². The van der Waals surface area contributed by atoms with E-state index in [2.05, 4.69) is 5.32 Å². The van der Waals surface area contributed by atoms with Gasteiger partial charge in [0.05, 0.1) is 17.0 Å². The zero-order chi connectivity index (χ0) is 14.4. The predicted molar refractivity (Wildman–Crippen MR) is 77.3 cm³/mol. The van der Waals surface area contributed by atoms with Crippen molar-refractivity contribution < 1.29 is 14.7 Å². The molecule has 0 aliphatic carbocycles. The molecule has 2 atom stereocenters. The van der Waals surface area contributed by atoms with Crippen molar-refractivity contribution in [1.82, 2.24) is 5.32 Å². The summed E-state index contributed by atoms with van der Waals surface area (Å²) < 4.78 is 0. The second kappa shape index (κ2) is 7.19. The molecule has 19 heavy (non-hydrogen) atoms. The van der Waals surface area contributed by atoms with Crippen LogP contribution in [0, 0.1) is 6.92 Å². The molecule has 104 valence electrons. The second-order valence-electron chi connectivity index (χ2n) is 4.44. The molecular weight excluding hydrogens is 262 g/mol. The lowest BCUT2D eigenvalue weighted by Gasteiger charge is -2.16. The molecule has 0 saturated carbocycles. The lowest BCUT2D eigenvalue weighted by Crippen LogP contribution is -2.29. The highest BCUT2D eigenvalue weighted by molar-refractivity contribution is 8.01. The van der Waals surface area contributed by atoms with E-state index in [-0.39, 0.29) is 17.7 Å². The smallest absolute Gasteiger partial charge is 0.316 e. The van der Waals surface area contributed by atoms with E-state index in [0.717, 1.165) is 22.9 Å². The summed E-state index contributed by atoms with van der Waals surface area (Å²) in [6.45, 7) is 5.50. The van der Waals surface area contributed by atoms with Gasteiger partial charge in [0.2, 0.25) is 5.91 Å². The van der Waals surface area contributed by atoms with Crippen LogP contribution in [0.5, 0.6) is 0 Å². The summed E-state index contributed by atoms with van der Waals surface area (Å²) in [6, 6.07) is 7.80. The molecule has 0 spiro atoms. The van der Waals surface area contributed by atoms with Crippen molar-refractivity contribution >= 4 is 23.6 Å². The van der Waals surface area contributed by atoms with Gasteiger partial charge in [0, 0.05) is 0 Å². The highest BCUT2D eigenvalue weighted by atomic mass is 32.2.